The minimum atomic E-state index is -0.904. The summed E-state index contributed by atoms with van der Waals surface area (Å²) in [6, 6.07) is 5.91. The van der Waals surface area contributed by atoms with Crippen LogP contribution < -0.4 is 0 Å². The molecule has 8 bridgehead atoms. The topological polar surface area (TPSA) is 143 Å². The number of hydrogen-bond acceptors (Lipinski definition) is 8. The highest BCUT2D eigenvalue weighted by Gasteiger charge is 2.41. The van der Waals surface area contributed by atoms with Crippen LogP contribution in [0.4, 0.5) is 0 Å². The van der Waals surface area contributed by atoms with Crippen LogP contribution in [0.5, 0.6) is 0 Å². The summed E-state index contributed by atoms with van der Waals surface area (Å²) in [6.45, 7) is 16.4. The molecule has 0 unspecified atom stereocenters. The van der Waals surface area contributed by atoms with Crippen LogP contribution in [0.1, 0.15) is 78.4 Å². The maximum Gasteiger partial charge on any atom is 0.305 e. The molecule has 0 aromatic carbocycles. The molecule has 2 aliphatic heterocycles. The molecule has 0 aliphatic carbocycles. The molecule has 3 aromatic rings. The van der Waals surface area contributed by atoms with Gasteiger partial charge in [0.25, 0.3) is 0 Å². The van der Waals surface area contributed by atoms with Crippen LogP contribution in [0.3, 0.4) is 0 Å². The van der Waals surface area contributed by atoms with E-state index in [0.717, 1.165) is 55.5 Å². The number of amides is 1. The van der Waals surface area contributed by atoms with Crippen molar-refractivity contribution in [2.75, 3.05) is 28.3 Å². The Morgan fingerprint density at radius 3 is 1.86 bits per heavy atom. The van der Waals surface area contributed by atoms with Crippen molar-refractivity contribution in [3.05, 3.63) is 82.7 Å². The van der Waals surface area contributed by atoms with Crippen molar-refractivity contribution in [2.45, 2.75) is 65.2 Å². The molecule has 11 heteroatoms. The minimum absolute atomic E-state index is 0.0814. The third-order valence-corrected chi connectivity index (χ3v) is 9.74. The van der Waals surface area contributed by atoms with Gasteiger partial charge in [0, 0.05) is 61.0 Å². The van der Waals surface area contributed by atoms with Crippen molar-refractivity contribution in [2.24, 2.45) is 0 Å². The number of carbonyl (C=O) groups excluding carboxylic acids is 3. The van der Waals surface area contributed by atoms with Crippen LogP contribution in [-0.4, -0.2) is 76.0 Å². The van der Waals surface area contributed by atoms with Crippen molar-refractivity contribution in [3.63, 3.8) is 0 Å². The summed E-state index contributed by atoms with van der Waals surface area (Å²) in [6.07, 6.45) is 3.14. The van der Waals surface area contributed by atoms with Gasteiger partial charge < -0.3 is 24.3 Å². The second-order valence-electron chi connectivity index (χ2n) is 13.0. The van der Waals surface area contributed by atoms with Crippen LogP contribution in [0.25, 0.3) is 38.8 Å². The lowest BCUT2D eigenvalue weighted by Crippen LogP contribution is -2.32. The number of aromatic nitrogens is 5. The number of methoxy groups -OCH3 is 2. The predicted octanol–water partition coefficient (Wildman–Crippen LogP) is 6.10. The van der Waals surface area contributed by atoms with Gasteiger partial charge in [-0.05, 0) is 92.1 Å². The molecular formula is C38H44N6O5. The third kappa shape index (κ3) is 6.57. The fourth-order valence-corrected chi connectivity index (χ4v) is 6.38. The van der Waals surface area contributed by atoms with Crippen LogP contribution in [0.15, 0.2) is 37.4 Å². The number of hydrogen-bond donors (Lipinski definition) is 2. The highest BCUT2D eigenvalue weighted by atomic mass is 16.5. The van der Waals surface area contributed by atoms with Gasteiger partial charge in [-0.3, -0.25) is 14.4 Å². The Balaban J connectivity index is 1.91. The number of aromatic amines is 2. The minimum Gasteiger partial charge on any atom is -0.469 e. The number of H-pyrrole nitrogens is 2. The molecular weight excluding hydrogens is 620 g/mol. The SMILES string of the molecule is C=CC1=C(C)c2cc3[nH]c(cc4[nH]c(cc5nc(nc1n2)[C@@](C)(CC(=O)N(C)C)C5=C)c(C)c4CCC(=O)OC)c(CCC(=O)OC)c3C. The van der Waals surface area contributed by atoms with Gasteiger partial charge >= 0.3 is 11.9 Å². The molecule has 1 amide bonds. The second-order valence-corrected chi connectivity index (χ2v) is 13.0. The Hall–Kier alpha value is -5.32. The lowest BCUT2D eigenvalue weighted by Gasteiger charge is -2.25. The van der Waals surface area contributed by atoms with Gasteiger partial charge in [0.2, 0.25) is 5.91 Å². The molecule has 2 aliphatic rings. The third-order valence-electron chi connectivity index (χ3n) is 9.74. The van der Waals surface area contributed by atoms with Crippen LogP contribution >= 0.6 is 0 Å². The van der Waals surface area contributed by atoms with E-state index in [1.807, 2.05) is 45.9 Å². The summed E-state index contributed by atoms with van der Waals surface area (Å²) < 4.78 is 9.91. The first-order chi connectivity index (χ1) is 23.2. The molecule has 11 nitrogen and oxygen atoms in total. The molecule has 256 valence electrons. The number of fused-ring (bicyclic) bond motifs is 8. The van der Waals surface area contributed by atoms with Crippen molar-refractivity contribution in [1.29, 1.82) is 0 Å². The lowest BCUT2D eigenvalue weighted by molar-refractivity contribution is -0.141. The quantitative estimate of drug-likeness (QED) is 0.261. The number of esters is 2. The smallest absolute Gasteiger partial charge is 0.305 e. The van der Waals surface area contributed by atoms with E-state index >= 15 is 0 Å². The van der Waals surface area contributed by atoms with E-state index < -0.39 is 5.41 Å². The fourth-order valence-electron chi connectivity index (χ4n) is 6.38. The Morgan fingerprint density at radius 2 is 1.37 bits per heavy atom. The molecule has 49 heavy (non-hydrogen) atoms. The van der Waals surface area contributed by atoms with Crippen molar-refractivity contribution < 1.29 is 23.9 Å². The van der Waals surface area contributed by atoms with Crippen molar-refractivity contribution in [1.82, 2.24) is 29.8 Å². The van der Waals surface area contributed by atoms with Gasteiger partial charge in [0.15, 0.2) is 5.82 Å². The molecule has 5 heterocycles. The fraction of sp³-hybridized carbons (Fsp3) is 0.368. The Bertz CT molecular complexity index is 2100. The average molecular weight is 665 g/mol. The molecule has 3 aromatic heterocycles. The summed E-state index contributed by atoms with van der Waals surface area (Å²) in [5, 5.41) is 0. The molecule has 0 fully saturated rings. The number of allylic oxidation sites excluding steroid dienone is 4. The van der Waals surface area contributed by atoms with E-state index in [0.29, 0.717) is 41.5 Å². The van der Waals surface area contributed by atoms with Gasteiger partial charge in [-0.25, -0.2) is 15.0 Å². The maximum absolute atomic E-state index is 13.2. The monoisotopic (exact) mass is 664 g/mol. The zero-order chi connectivity index (χ0) is 35.8. The van der Waals surface area contributed by atoms with Gasteiger partial charge in [0.05, 0.1) is 31.0 Å². The normalized spacial score (nSPS) is 15.7. The van der Waals surface area contributed by atoms with Crippen molar-refractivity contribution in [3.8, 4) is 0 Å². The number of ether oxygens (including phenoxy) is 2. The Morgan fingerprint density at radius 1 is 0.837 bits per heavy atom. The van der Waals surface area contributed by atoms with Crippen molar-refractivity contribution >= 4 is 56.6 Å². The van der Waals surface area contributed by atoms with E-state index in [2.05, 4.69) is 23.1 Å². The van der Waals surface area contributed by atoms with Gasteiger partial charge in [-0.2, -0.15) is 0 Å². The largest absolute Gasteiger partial charge is 0.469 e. The zero-order valence-electron chi connectivity index (χ0n) is 29.6. The Labute approximate surface area is 286 Å². The summed E-state index contributed by atoms with van der Waals surface area (Å²) in [5.74, 6) is 0.191. The van der Waals surface area contributed by atoms with E-state index in [9.17, 15) is 14.4 Å². The molecule has 5 rings (SSSR count). The summed E-state index contributed by atoms with van der Waals surface area (Å²) in [7, 11) is 6.21. The van der Waals surface area contributed by atoms with Crippen LogP contribution in [-0.2, 0) is 42.1 Å². The highest BCUT2D eigenvalue weighted by molar-refractivity contribution is 5.95. The maximum atomic E-state index is 13.2. The highest BCUT2D eigenvalue weighted by Crippen LogP contribution is 2.43. The van der Waals surface area contributed by atoms with Crippen LogP contribution in [0, 0.1) is 13.8 Å². The zero-order valence-corrected chi connectivity index (χ0v) is 29.6. The molecule has 0 radical (unpaired) electrons. The molecule has 0 spiro atoms. The number of aryl methyl sites for hydroxylation is 4. The lowest BCUT2D eigenvalue weighted by atomic mass is 9.79. The second kappa shape index (κ2) is 13.7. The molecule has 0 saturated carbocycles. The summed E-state index contributed by atoms with van der Waals surface area (Å²) in [5.41, 5.74) is 9.73. The van der Waals surface area contributed by atoms with Gasteiger partial charge in [-0.1, -0.05) is 19.2 Å². The first kappa shape index (κ1) is 35.0. The molecule has 2 N–H and O–H groups in total. The molecule has 0 saturated heterocycles. The summed E-state index contributed by atoms with van der Waals surface area (Å²) >= 11 is 0. The van der Waals surface area contributed by atoms with E-state index in [-0.39, 0.29) is 37.1 Å². The first-order valence-corrected chi connectivity index (χ1v) is 16.2. The Kier molecular flexibility index (Phi) is 9.76. The van der Waals surface area contributed by atoms with E-state index in [1.165, 1.54) is 14.2 Å². The number of nitrogens with zero attached hydrogens (tertiary/aromatic N) is 4. The number of carbonyl (C=O) groups is 3. The van der Waals surface area contributed by atoms with Gasteiger partial charge in [-0.15, -0.1) is 0 Å². The van der Waals surface area contributed by atoms with E-state index in [4.69, 9.17) is 24.4 Å². The van der Waals surface area contributed by atoms with Crippen LogP contribution in [0.2, 0.25) is 0 Å². The number of nitrogens with one attached hydrogen (secondary N) is 2. The predicted molar refractivity (Wildman–Crippen MR) is 191 cm³/mol. The number of rotatable bonds is 9. The first-order valence-electron chi connectivity index (χ1n) is 16.2. The summed E-state index contributed by atoms with van der Waals surface area (Å²) in [4.78, 5) is 61.3. The van der Waals surface area contributed by atoms with E-state index in [1.54, 1.807) is 25.1 Å². The molecule has 1 atom stereocenters. The standard InChI is InChI=1S/C38H44N6O5/c1-11-24-20(2)29-16-27-21(3)25(12-14-34(46)48-9)31(39-27)18-32-26(13-15-35(47)49-10)22(4)28(40-32)17-30-23(5)38(6,19-33(45)44(7)8)37(42-30)43-36(24)41-29/h11,16-18,39-40H,1,5,12-15,19H2,2-4,6-10H3/t38-/m0/s1. The van der Waals surface area contributed by atoms with Gasteiger partial charge in [0.1, 0.15) is 5.82 Å². The average Bonchev–Trinajstić information content (AvgIpc) is 3.71.